The van der Waals surface area contributed by atoms with Crippen LogP contribution >= 0.6 is 11.8 Å². The molecule has 0 amide bonds. The quantitative estimate of drug-likeness (QED) is 0.583. The number of nitrogens with zero attached hydrogens (tertiary/aromatic N) is 1. The fourth-order valence-corrected chi connectivity index (χ4v) is 2.26. The SMILES string of the molecule is COC[C@@H]1CCC(SC)=[N+]1C. The van der Waals surface area contributed by atoms with E-state index < -0.39 is 0 Å². The summed E-state index contributed by atoms with van der Waals surface area (Å²) in [5.74, 6) is 0. The van der Waals surface area contributed by atoms with Crippen LogP contribution in [0.1, 0.15) is 12.8 Å². The lowest BCUT2D eigenvalue weighted by Gasteiger charge is -2.04. The third-order valence-corrected chi connectivity index (χ3v) is 3.19. The molecule has 0 aromatic heterocycles. The number of hydrogen-bond acceptors (Lipinski definition) is 2. The van der Waals surface area contributed by atoms with E-state index in [-0.39, 0.29) is 0 Å². The summed E-state index contributed by atoms with van der Waals surface area (Å²) >= 11 is 1.86. The minimum atomic E-state index is 0.613. The maximum absolute atomic E-state index is 5.12. The first-order valence-corrected chi connectivity index (χ1v) is 5.13. The van der Waals surface area contributed by atoms with Crippen molar-refractivity contribution in [1.82, 2.24) is 0 Å². The van der Waals surface area contributed by atoms with Crippen LogP contribution in [0.3, 0.4) is 0 Å². The van der Waals surface area contributed by atoms with Crippen molar-refractivity contribution in [1.29, 1.82) is 0 Å². The van der Waals surface area contributed by atoms with E-state index in [4.69, 9.17) is 4.74 Å². The van der Waals surface area contributed by atoms with Crippen molar-refractivity contribution in [2.75, 3.05) is 27.0 Å². The third kappa shape index (κ3) is 1.97. The smallest absolute Gasteiger partial charge is 0.210 e. The zero-order valence-corrected chi connectivity index (χ0v) is 8.28. The first-order valence-electron chi connectivity index (χ1n) is 3.91. The maximum Gasteiger partial charge on any atom is 0.210 e. The Kier molecular flexibility index (Phi) is 3.40. The zero-order chi connectivity index (χ0) is 8.27. The van der Waals surface area contributed by atoms with Gasteiger partial charge in [0.15, 0.2) is 6.04 Å². The summed E-state index contributed by atoms with van der Waals surface area (Å²) in [5.41, 5.74) is 0. The predicted octanol–water partition coefficient (Wildman–Crippen LogP) is 1.20. The lowest BCUT2D eigenvalue weighted by atomic mass is 10.2. The van der Waals surface area contributed by atoms with Gasteiger partial charge in [-0.3, -0.25) is 0 Å². The van der Waals surface area contributed by atoms with Gasteiger partial charge in [0.25, 0.3) is 0 Å². The Balaban J connectivity index is 2.54. The number of ether oxygens (including phenoxy) is 1. The second-order valence-electron chi connectivity index (χ2n) is 2.86. The molecule has 0 bridgehead atoms. The highest BCUT2D eigenvalue weighted by molar-refractivity contribution is 8.13. The van der Waals surface area contributed by atoms with Gasteiger partial charge in [-0.15, -0.1) is 0 Å². The van der Waals surface area contributed by atoms with Crippen LogP contribution in [0.2, 0.25) is 0 Å². The van der Waals surface area contributed by atoms with Crippen molar-refractivity contribution in [2.45, 2.75) is 18.9 Å². The maximum atomic E-state index is 5.12. The normalized spacial score (nSPS) is 24.8. The minimum absolute atomic E-state index is 0.613. The summed E-state index contributed by atoms with van der Waals surface area (Å²) in [6, 6.07) is 0.613. The van der Waals surface area contributed by atoms with Crippen molar-refractivity contribution in [2.24, 2.45) is 0 Å². The van der Waals surface area contributed by atoms with Crippen LogP contribution in [0.25, 0.3) is 0 Å². The summed E-state index contributed by atoms with van der Waals surface area (Å²) in [4.78, 5) is 0. The first-order chi connectivity index (χ1) is 5.29. The zero-order valence-electron chi connectivity index (χ0n) is 7.46. The molecule has 0 radical (unpaired) electrons. The van der Waals surface area contributed by atoms with Crippen LogP contribution in [-0.4, -0.2) is 42.7 Å². The minimum Gasteiger partial charge on any atom is -0.378 e. The Morgan fingerprint density at radius 3 is 2.91 bits per heavy atom. The molecule has 11 heavy (non-hydrogen) atoms. The van der Waals surface area contributed by atoms with Gasteiger partial charge in [-0.25, -0.2) is 4.58 Å². The van der Waals surface area contributed by atoms with Gasteiger partial charge >= 0.3 is 0 Å². The van der Waals surface area contributed by atoms with Gasteiger partial charge in [0.1, 0.15) is 13.7 Å². The molecule has 2 nitrogen and oxygen atoms in total. The summed E-state index contributed by atoms with van der Waals surface area (Å²) < 4.78 is 7.47. The molecule has 1 aliphatic rings. The second-order valence-corrected chi connectivity index (χ2v) is 3.74. The van der Waals surface area contributed by atoms with E-state index in [0.717, 1.165) is 6.61 Å². The van der Waals surface area contributed by atoms with Crippen molar-refractivity contribution < 1.29 is 9.31 Å². The molecular formula is C8H16NOS+. The van der Waals surface area contributed by atoms with Crippen LogP contribution in [0.5, 0.6) is 0 Å². The van der Waals surface area contributed by atoms with Crippen molar-refractivity contribution in [3.05, 3.63) is 0 Å². The molecule has 0 unspecified atom stereocenters. The average Bonchev–Trinajstić information content (AvgIpc) is 2.34. The molecule has 0 fully saturated rings. The Labute approximate surface area is 72.6 Å². The lowest BCUT2D eigenvalue weighted by molar-refractivity contribution is -0.530. The average molecular weight is 174 g/mol. The number of likely N-dealkylation sites (N-methyl/N-ethyl adjacent to an activating group) is 1. The predicted molar refractivity (Wildman–Crippen MR) is 49.6 cm³/mol. The fourth-order valence-electron chi connectivity index (χ4n) is 1.50. The molecule has 64 valence electrons. The number of methoxy groups -OCH3 is 1. The molecule has 3 heteroatoms. The Bertz CT molecular complexity index is 167. The number of thioether (sulfide) groups is 1. The summed E-state index contributed by atoms with van der Waals surface area (Å²) in [6.07, 6.45) is 4.62. The summed E-state index contributed by atoms with van der Waals surface area (Å²) in [7, 11) is 3.92. The van der Waals surface area contributed by atoms with Crippen LogP contribution < -0.4 is 0 Å². The van der Waals surface area contributed by atoms with Gasteiger partial charge in [0.2, 0.25) is 5.04 Å². The first kappa shape index (κ1) is 9.07. The van der Waals surface area contributed by atoms with Crippen molar-refractivity contribution in [3.8, 4) is 0 Å². The topological polar surface area (TPSA) is 12.2 Å². The van der Waals surface area contributed by atoms with Gasteiger partial charge in [-0.05, 0) is 6.26 Å². The molecular weight excluding hydrogens is 158 g/mol. The van der Waals surface area contributed by atoms with Crippen LogP contribution in [0, 0.1) is 0 Å². The van der Waals surface area contributed by atoms with Gasteiger partial charge in [-0.1, -0.05) is 11.8 Å². The third-order valence-electron chi connectivity index (χ3n) is 2.23. The molecule has 0 aliphatic carbocycles. The van der Waals surface area contributed by atoms with E-state index in [9.17, 15) is 0 Å². The van der Waals surface area contributed by atoms with Gasteiger partial charge < -0.3 is 4.74 Å². The van der Waals surface area contributed by atoms with E-state index in [0.29, 0.717) is 6.04 Å². The van der Waals surface area contributed by atoms with Gasteiger partial charge in [0.05, 0.1) is 0 Å². The van der Waals surface area contributed by atoms with Crippen LogP contribution in [0.15, 0.2) is 0 Å². The van der Waals surface area contributed by atoms with Crippen molar-refractivity contribution in [3.63, 3.8) is 0 Å². The second kappa shape index (κ2) is 4.12. The van der Waals surface area contributed by atoms with E-state index in [1.54, 1.807) is 7.11 Å². The highest BCUT2D eigenvalue weighted by Crippen LogP contribution is 2.17. The summed E-state index contributed by atoms with van der Waals surface area (Å²) in [5, 5.41) is 1.49. The Morgan fingerprint density at radius 2 is 2.45 bits per heavy atom. The lowest BCUT2D eigenvalue weighted by Crippen LogP contribution is -2.24. The number of hydrogen-bond donors (Lipinski definition) is 0. The Morgan fingerprint density at radius 1 is 1.73 bits per heavy atom. The number of rotatable bonds is 2. The molecule has 1 rings (SSSR count). The molecule has 1 heterocycles. The monoisotopic (exact) mass is 174 g/mol. The highest BCUT2D eigenvalue weighted by Gasteiger charge is 2.28. The molecule has 0 saturated carbocycles. The standard InChI is InChI=1S/C8H16NOS/c1-9-7(6-10-2)4-5-8(9)11-3/h7H,4-6H2,1-3H3/q+1/t7-/m0/s1. The fraction of sp³-hybridized carbons (Fsp3) is 0.875. The van der Waals surface area contributed by atoms with E-state index in [2.05, 4.69) is 17.9 Å². The van der Waals surface area contributed by atoms with E-state index in [1.165, 1.54) is 17.9 Å². The molecule has 0 N–H and O–H groups in total. The van der Waals surface area contributed by atoms with E-state index >= 15 is 0 Å². The largest absolute Gasteiger partial charge is 0.378 e. The molecule has 0 aromatic rings. The van der Waals surface area contributed by atoms with E-state index in [1.807, 2.05) is 11.8 Å². The van der Waals surface area contributed by atoms with Crippen LogP contribution in [0.4, 0.5) is 0 Å². The molecule has 0 aromatic carbocycles. The van der Waals surface area contributed by atoms with Gasteiger partial charge in [0, 0.05) is 20.0 Å². The Hall–Kier alpha value is -0.0200. The highest BCUT2D eigenvalue weighted by atomic mass is 32.2. The molecule has 1 aliphatic heterocycles. The molecule has 1 atom stereocenters. The molecule has 0 saturated heterocycles. The molecule has 0 spiro atoms. The summed E-state index contributed by atoms with van der Waals surface area (Å²) in [6.45, 7) is 0.862. The van der Waals surface area contributed by atoms with Crippen molar-refractivity contribution >= 4 is 16.8 Å². The van der Waals surface area contributed by atoms with Gasteiger partial charge in [-0.2, -0.15) is 0 Å². The van der Waals surface area contributed by atoms with Crippen LogP contribution in [-0.2, 0) is 4.74 Å².